The fourth-order valence-electron chi connectivity index (χ4n) is 0.609. The summed E-state index contributed by atoms with van der Waals surface area (Å²) in [6.07, 6.45) is 2.16. The molecule has 74 valence electrons. The molecule has 0 rings (SSSR count). The van der Waals surface area contributed by atoms with Crippen molar-refractivity contribution in [2.75, 3.05) is 6.61 Å². The van der Waals surface area contributed by atoms with Gasteiger partial charge in [0.15, 0.2) is 0 Å². The van der Waals surface area contributed by atoms with Gasteiger partial charge in [-0.25, -0.2) is 0 Å². The van der Waals surface area contributed by atoms with E-state index in [2.05, 4.69) is 23.7 Å². The molecular formula is C9H20O2S. The van der Waals surface area contributed by atoms with E-state index < -0.39 is 0 Å². The Bertz CT molecular complexity index is 94.5. The number of allylic oxidation sites excluding steroid dienone is 1. The van der Waals surface area contributed by atoms with Gasteiger partial charge in [-0.15, -0.1) is 6.58 Å². The van der Waals surface area contributed by atoms with Gasteiger partial charge >= 0.3 is 0 Å². The summed E-state index contributed by atoms with van der Waals surface area (Å²) in [6.45, 7) is 11.7. The molecule has 0 aliphatic rings. The molecule has 0 spiro atoms. The SMILES string of the molecule is C=CC.CC(C)OC(C)COS. The first-order valence-corrected chi connectivity index (χ1v) is 4.43. The second-order valence-corrected chi connectivity index (χ2v) is 2.96. The molecule has 1 unspecified atom stereocenters. The Hall–Kier alpha value is 0.0100. The first-order chi connectivity index (χ1) is 5.58. The van der Waals surface area contributed by atoms with Gasteiger partial charge in [0, 0.05) is 0 Å². The second kappa shape index (κ2) is 11.0. The highest BCUT2D eigenvalue weighted by molar-refractivity contribution is 7.75. The minimum absolute atomic E-state index is 0.141. The van der Waals surface area contributed by atoms with Gasteiger partial charge in [0.1, 0.15) is 0 Å². The predicted molar refractivity (Wildman–Crippen MR) is 56.5 cm³/mol. The van der Waals surface area contributed by atoms with E-state index in [4.69, 9.17) is 4.74 Å². The van der Waals surface area contributed by atoms with E-state index in [-0.39, 0.29) is 12.2 Å². The minimum atomic E-state index is 0.141. The van der Waals surface area contributed by atoms with Crippen molar-refractivity contribution in [2.45, 2.75) is 39.9 Å². The van der Waals surface area contributed by atoms with Crippen LogP contribution in [0.25, 0.3) is 0 Å². The van der Waals surface area contributed by atoms with Gasteiger partial charge in [-0.05, 0) is 40.6 Å². The van der Waals surface area contributed by atoms with Crippen LogP contribution in [-0.4, -0.2) is 18.8 Å². The third kappa shape index (κ3) is 16.5. The Balaban J connectivity index is 0. The van der Waals surface area contributed by atoms with E-state index in [0.29, 0.717) is 6.61 Å². The van der Waals surface area contributed by atoms with Crippen LogP contribution < -0.4 is 0 Å². The topological polar surface area (TPSA) is 18.5 Å². The van der Waals surface area contributed by atoms with E-state index in [1.807, 2.05) is 27.7 Å². The molecule has 0 bridgehead atoms. The lowest BCUT2D eigenvalue weighted by molar-refractivity contribution is -0.00199. The van der Waals surface area contributed by atoms with Crippen molar-refractivity contribution in [3.63, 3.8) is 0 Å². The van der Waals surface area contributed by atoms with Gasteiger partial charge in [0.25, 0.3) is 0 Å². The normalized spacial score (nSPS) is 11.8. The van der Waals surface area contributed by atoms with Crippen LogP contribution in [0, 0.1) is 0 Å². The zero-order valence-electron chi connectivity index (χ0n) is 8.41. The summed E-state index contributed by atoms with van der Waals surface area (Å²) in [4.78, 5) is 0. The molecule has 0 aromatic heterocycles. The molecule has 0 amide bonds. The van der Waals surface area contributed by atoms with E-state index in [0.717, 1.165) is 0 Å². The number of rotatable bonds is 4. The van der Waals surface area contributed by atoms with Gasteiger partial charge in [0.05, 0.1) is 18.8 Å². The average molecular weight is 192 g/mol. The van der Waals surface area contributed by atoms with Crippen molar-refractivity contribution in [1.29, 1.82) is 0 Å². The molecule has 2 nitrogen and oxygen atoms in total. The minimum Gasteiger partial charge on any atom is -0.373 e. The molecule has 0 fully saturated rings. The smallest absolute Gasteiger partial charge is 0.0870 e. The number of thiol groups is 1. The van der Waals surface area contributed by atoms with E-state index in [1.165, 1.54) is 0 Å². The molecule has 0 saturated heterocycles. The Labute approximate surface area is 81.6 Å². The quantitative estimate of drug-likeness (QED) is 0.419. The summed E-state index contributed by atoms with van der Waals surface area (Å²) in [5, 5.41) is 0. The molecule has 0 aromatic carbocycles. The van der Waals surface area contributed by atoms with Gasteiger partial charge < -0.3 is 8.92 Å². The highest BCUT2D eigenvalue weighted by Gasteiger charge is 2.02. The number of ether oxygens (including phenoxy) is 1. The monoisotopic (exact) mass is 192 g/mol. The highest BCUT2D eigenvalue weighted by atomic mass is 32.1. The second-order valence-electron chi connectivity index (χ2n) is 2.70. The molecule has 1 atom stereocenters. The Kier molecular flexibility index (Phi) is 13.3. The summed E-state index contributed by atoms with van der Waals surface area (Å²) in [5.74, 6) is 0. The van der Waals surface area contributed by atoms with E-state index in [1.54, 1.807) is 6.08 Å². The largest absolute Gasteiger partial charge is 0.373 e. The van der Waals surface area contributed by atoms with Crippen molar-refractivity contribution in [3.05, 3.63) is 12.7 Å². The third-order valence-electron chi connectivity index (χ3n) is 0.814. The van der Waals surface area contributed by atoms with Crippen molar-refractivity contribution in [1.82, 2.24) is 0 Å². The number of hydrogen-bond donors (Lipinski definition) is 1. The van der Waals surface area contributed by atoms with E-state index >= 15 is 0 Å². The van der Waals surface area contributed by atoms with E-state index in [9.17, 15) is 0 Å². The fourth-order valence-corrected chi connectivity index (χ4v) is 0.819. The van der Waals surface area contributed by atoms with Crippen molar-refractivity contribution >= 4 is 12.9 Å². The first kappa shape index (κ1) is 14.5. The first-order valence-electron chi connectivity index (χ1n) is 4.07. The molecule has 0 N–H and O–H groups in total. The molecule has 12 heavy (non-hydrogen) atoms. The molecule has 0 aliphatic carbocycles. The maximum Gasteiger partial charge on any atom is 0.0870 e. The highest BCUT2D eigenvalue weighted by Crippen LogP contribution is 1.97. The fraction of sp³-hybridized carbons (Fsp3) is 0.778. The Morgan fingerprint density at radius 2 is 1.83 bits per heavy atom. The lowest BCUT2D eigenvalue weighted by Crippen LogP contribution is -2.18. The molecule has 3 heteroatoms. The zero-order valence-corrected chi connectivity index (χ0v) is 9.30. The maximum absolute atomic E-state index is 5.32. The Morgan fingerprint density at radius 1 is 1.42 bits per heavy atom. The number of hydrogen-bond acceptors (Lipinski definition) is 3. The molecule has 0 radical (unpaired) electrons. The van der Waals surface area contributed by atoms with Crippen LogP contribution in [0.1, 0.15) is 27.7 Å². The van der Waals surface area contributed by atoms with Gasteiger partial charge in [-0.1, -0.05) is 6.08 Å². The lowest BCUT2D eigenvalue weighted by Gasteiger charge is -2.13. The van der Waals surface area contributed by atoms with Crippen molar-refractivity contribution in [2.24, 2.45) is 0 Å². The van der Waals surface area contributed by atoms with Crippen molar-refractivity contribution < 1.29 is 8.92 Å². The molecule has 0 aromatic rings. The van der Waals surface area contributed by atoms with Crippen LogP contribution in [0.5, 0.6) is 0 Å². The molecule has 0 saturated carbocycles. The van der Waals surface area contributed by atoms with Crippen LogP contribution in [0.2, 0.25) is 0 Å². The summed E-state index contributed by atoms with van der Waals surface area (Å²) in [6, 6.07) is 0. The van der Waals surface area contributed by atoms with Crippen LogP contribution >= 0.6 is 12.9 Å². The lowest BCUT2D eigenvalue weighted by atomic mass is 10.4. The zero-order chi connectivity index (χ0) is 9.98. The van der Waals surface area contributed by atoms with Gasteiger partial charge in [-0.2, -0.15) is 0 Å². The standard InChI is InChI=1S/C6H14O2S.C3H6/c1-5(2)8-6(3)4-7-9;1-3-2/h5-6,9H,4H2,1-3H3;3H,1H2,2H3. The third-order valence-corrected chi connectivity index (χ3v) is 0.963. The van der Waals surface area contributed by atoms with Gasteiger partial charge in [0.2, 0.25) is 0 Å². The van der Waals surface area contributed by atoms with Crippen LogP contribution in [-0.2, 0) is 8.92 Å². The van der Waals surface area contributed by atoms with Crippen LogP contribution in [0.15, 0.2) is 12.7 Å². The molecule has 0 heterocycles. The summed E-state index contributed by atoms with van der Waals surface area (Å²) < 4.78 is 9.89. The Morgan fingerprint density at radius 3 is 2.08 bits per heavy atom. The molecular weight excluding hydrogens is 172 g/mol. The summed E-state index contributed by atoms with van der Waals surface area (Å²) in [5.41, 5.74) is 0. The summed E-state index contributed by atoms with van der Waals surface area (Å²) >= 11 is 3.60. The van der Waals surface area contributed by atoms with Crippen LogP contribution in [0.3, 0.4) is 0 Å². The summed E-state index contributed by atoms with van der Waals surface area (Å²) in [7, 11) is 0. The maximum atomic E-state index is 5.32. The average Bonchev–Trinajstić information content (AvgIpc) is 1.87. The van der Waals surface area contributed by atoms with Gasteiger partial charge in [-0.3, -0.25) is 0 Å². The molecule has 0 aliphatic heterocycles. The van der Waals surface area contributed by atoms with Crippen LogP contribution in [0.4, 0.5) is 0 Å². The van der Waals surface area contributed by atoms with Crippen molar-refractivity contribution in [3.8, 4) is 0 Å². The predicted octanol–water partition coefficient (Wildman–Crippen LogP) is 2.85.